The normalized spacial score (nSPS) is 25.0. The van der Waals surface area contributed by atoms with Crippen molar-refractivity contribution in [2.24, 2.45) is 11.8 Å². The van der Waals surface area contributed by atoms with Crippen LogP contribution in [0.1, 0.15) is 70.4 Å². The maximum absolute atomic E-state index is 6.79. The monoisotopic (exact) mass is 331 g/mol. The molecule has 2 nitrogen and oxygen atoms in total. The van der Waals surface area contributed by atoms with Crippen molar-refractivity contribution in [2.45, 2.75) is 64.9 Å². The molecule has 1 aliphatic rings. The Morgan fingerprint density at radius 2 is 1.83 bits per heavy atom. The van der Waals surface area contributed by atoms with Crippen molar-refractivity contribution in [3.63, 3.8) is 0 Å². The predicted molar refractivity (Wildman–Crippen MR) is 104 cm³/mol. The second-order valence-corrected chi connectivity index (χ2v) is 8.38. The Bertz CT molecular complexity index is 508. The highest BCUT2D eigenvalue weighted by atomic mass is 16.5. The van der Waals surface area contributed by atoms with Gasteiger partial charge < -0.3 is 9.64 Å². The van der Waals surface area contributed by atoms with Crippen molar-refractivity contribution in [3.05, 3.63) is 35.4 Å². The van der Waals surface area contributed by atoms with Crippen LogP contribution in [0.5, 0.6) is 0 Å². The minimum Gasteiger partial charge on any atom is -0.369 e. The maximum Gasteiger partial charge on any atom is 0.0965 e. The first-order valence-electron chi connectivity index (χ1n) is 9.76. The molecule has 0 bridgehead atoms. The van der Waals surface area contributed by atoms with Gasteiger partial charge in [0.15, 0.2) is 0 Å². The summed E-state index contributed by atoms with van der Waals surface area (Å²) in [5.74, 6) is 1.78. The zero-order valence-electron chi connectivity index (χ0n) is 16.6. The summed E-state index contributed by atoms with van der Waals surface area (Å²) in [7, 11) is 4.25. The van der Waals surface area contributed by atoms with Crippen LogP contribution in [-0.4, -0.2) is 32.1 Å². The Kier molecular flexibility index (Phi) is 6.88. The van der Waals surface area contributed by atoms with Crippen LogP contribution in [0.25, 0.3) is 0 Å². The Morgan fingerprint density at radius 3 is 2.46 bits per heavy atom. The third-order valence-corrected chi connectivity index (χ3v) is 5.65. The van der Waals surface area contributed by atoms with E-state index in [1.54, 1.807) is 0 Å². The Labute approximate surface area is 149 Å². The van der Waals surface area contributed by atoms with Crippen LogP contribution in [0.15, 0.2) is 24.3 Å². The number of likely N-dealkylation sites (N-methyl/N-ethyl adjacent to an activating group) is 1. The first-order valence-corrected chi connectivity index (χ1v) is 9.76. The molecule has 0 saturated heterocycles. The molecule has 2 atom stereocenters. The maximum atomic E-state index is 6.79. The van der Waals surface area contributed by atoms with Gasteiger partial charge in [-0.05, 0) is 55.8 Å². The van der Waals surface area contributed by atoms with Crippen molar-refractivity contribution >= 4 is 0 Å². The second-order valence-electron chi connectivity index (χ2n) is 8.38. The van der Waals surface area contributed by atoms with Crippen molar-refractivity contribution in [3.8, 4) is 0 Å². The molecule has 1 aliphatic carbocycles. The Hall–Kier alpha value is -0.860. The first kappa shape index (κ1) is 19.5. The molecular formula is C22H37NO. The van der Waals surface area contributed by atoms with Gasteiger partial charge in [-0.25, -0.2) is 0 Å². The van der Waals surface area contributed by atoms with Gasteiger partial charge in [0.05, 0.1) is 12.2 Å². The SMILES string of the molecule is CC(C)c1ccccc1C1(OCCN(C)C)CCCCC1C(C)C. The molecule has 0 amide bonds. The van der Waals surface area contributed by atoms with Crippen LogP contribution in [0.2, 0.25) is 0 Å². The van der Waals surface area contributed by atoms with E-state index < -0.39 is 0 Å². The van der Waals surface area contributed by atoms with Crippen LogP contribution in [0.3, 0.4) is 0 Å². The molecule has 0 radical (unpaired) electrons. The summed E-state index contributed by atoms with van der Waals surface area (Å²) >= 11 is 0. The molecule has 0 heterocycles. The smallest absolute Gasteiger partial charge is 0.0965 e. The van der Waals surface area contributed by atoms with E-state index in [0.29, 0.717) is 17.8 Å². The fourth-order valence-electron chi connectivity index (χ4n) is 4.43. The molecule has 2 heteroatoms. The van der Waals surface area contributed by atoms with E-state index in [1.165, 1.54) is 30.4 Å². The largest absolute Gasteiger partial charge is 0.369 e. The summed E-state index contributed by atoms with van der Waals surface area (Å²) in [6.45, 7) is 11.1. The summed E-state index contributed by atoms with van der Waals surface area (Å²) in [4.78, 5) is 2.22. The number of benzene rings is 1. The van der Waals surface area contributed by atoms with Gasteiger partial charge in [0.1, 0.15) is 0 Å². The molecule has 1 saturated carbocycles. The quantitative estimate of drug-likeness (QED) is 0.660. The summed E-state index contributed by atoms with van der Waals surface area (Å²) in [5, 5.41) is 0. The predicted octanol–water partition coefficient (Wildman–Crippen LogP) is 5.43. The van der Waals surface area contributed by atoms with Gasteiger partial charge in [0.25, 0.3) is 0 Å². The first-order chi connectivity index (χ1) is 11.4. The van der Waals surface area contributed by atoms with Crippen LogP contribution in [0.4, 0.5) is 0 Å². The van der Waals surface area contributed by atoms with E-state index in [0.717, 1.165) is 19.6 Å². The van der Waals surface area contributed by atoms with Crippen LogP contribution in [0, 0.1) is 11.8 Å². The van der Waals surface area contributed by atoms with E-state index in [1.807, 2.05) is 0 Å². The molecule has 0 aromatic heterocycles. The fraction of sp³-hybridized carbons (Fsp3) is 0.727. The van der Waals surface area contributed by atoms with E-state index in [-0.39, 0.29) is 5.60 Å². The van der Waals surface area contributed by atoms with E-state index in [9.17, 15) is 0 Å². The minimum absolute atomic E-state index is 0.108. The third-order valence-electron chi connectivity index (χ3n) is 5.65. The highest BCUT2D eigenvalue weighted by molar-refractivity contribution is 5.36. The standard InChI is InChI=1S/C22H37NO/c1-17(2)19-11-7-8-13-21(19)22(24-16-15-23(5)6)14-10-9-12-20(22)18(3)4/h7-8,11,13,17-18,20H,9-10,12,14-16H2,1-6H3. The third kappa shape index (κ3) is 4.21. The lowest BCUT2D eigenvalue weighted by molar-refractivity contribution is -0.131. The summed E-state index contributed by atoms with van der Waals surface area (Å²) < 4.78 is 6.79. The molecule has 24 heavy (non-hydrogen) atoms. The van der Waals surface area contributed by atoms with Crippen molar-refractivity contribution in [2.75, 3.05) is 27.2 Å². The van der Waals surface area contributed by atoms with Gasteiger partial charge in [0.2, 0.25) is 0 Å². The number of hydrogen-bond donors (Lipinski definition) is 0. The number of ether oxygens (including phenoxy) is 1. The van der Waals surface area contributed by atoms with Crippen molar-refractivity contribution in [1.29, 1.82) is 0 Å². The molecule has 1 fully saturated rings. The lowest BCUT2D eigenvalue weighted by atomic mass is 9.65. The van der Waals surface area contributed by atoms with Gasteiger partial charge in [-0.2, -0.15) is 0 Å². The Morgan fingerprint density at radius 1 is 1.12 bits per heavy atom. The molecule has 1 aromatic carbocycles. The second kappa shape index (κ2) is 8.49. The number of nitrogens with zero attached hydrogens (tertiary/aromatic N) is 1. The summed E-state index contributed by atoms with van der Waals surface area (Å²) in [6, 6.07) is 9.03. The molecule has 136 valence electrons. The highest BCUT2D eigenvalue weighted by Gasteiger charge is 2.45. The van der Waals surface area contributed by atoms with Gasteiger partial charge in [-0.15, -0.1) is 0 Å². The molecule has 1 aromatic rings. The Balaban J connectivity index is 2.45. The molecule has 0 aliphatic heterocycles. The van der Waals surface area contributed by atoms with Crippen molar-refractivity contribution in [1.82, 2.24) is 4.90 Å². The van der Waals surface area contributed by atoms with Crippen LogP contribution in [-0.2, 0) is 10.3 Å². The molecule has 2 rings (SSSR count). The summed E-state index contributed by atoms with van der Waals surface area (Å²) in [5.41, 5.74) is 2.82. The van der Waals surface area contributed by atoms with Gasteiger partial charge in [-0.3, -0.25) is 0 Å². The lowest BCUT2D eigenvalue weighted by Gasteiger charge is -2.47. The van der Waals surface area contributed by atoms with Crippen LogP contribution >= 0.6 is 0 Å². The van der Waals surface area contributed by atoms with Gasteiger partial charge >= 0.3 is 0 Å². The number of hydrogen-bond acceptors (Lipinski definition) is 2. The van der Waals surface area contributed by atoms with Gasteiger partial charge in [0, 0.05) is 6.54 Å². The van der Waals surface area contributed by atoms with E-state index in [4.69, 9.17) is 4.74 Å². The lowest BCUT2D eigenvalue weighted by Crippen LogP contribution is -2.45. The highest BCUT2D eigenvalue weighted by Crippen LogP contribution is 2.49. The fourth-order valence-corrected chi connectivity index (χ4v) is 4.43. The summed E-state index contributed by atoms with van der Waals surface area (Å²) in [6.07, 6.45) is 5.06. The zero-order valence-corrected chi connectivity index (χ0v) is 16.6. The topological polar surface area (TPSA) is 12.5 Å². The van der Waals surface area contributed by atoms with E-state index >= 15 is 0 Å². The average molecular weight is 332 g/mol. The van der Waals surface area contributed by atoms with Crippen LogP contribution < -0.4 is 0 Å². The minimum atomic E-state index is -0.108. The van der Waals surface area contributed by atoms with Gasteiger partial charge in [-0.1, -0.05) is 64.8 Å². The molecule has 0 spiro atoms. The number of rotatable bonds is 7. The van der Waals surface area contributed by atoms with Crippen molar-refractivity contribution < 1.29 is 4.74 Å². The zero-order chi connectivity index (χ0) is 17.7. The average Bonchev–Trinajstić information content (AvgIpc) is 2.54. The van der Waals surface area contributed by atoms with E-state index in [2.05, 4.69) is 71.0 Å². The molecule has 0 N–H and O–H groups in total. The molecule has 2 unspecified atom stereocenters. The molecular weight excluding hydrogens is 294 g/mol.